The lowest BCUT2D eigenvalue weighted by atomic mass is 9.64. The van der Waals surface area contributed by atoms with Crippen molar-refractivity contribution in [2.24, 2.45) is 17.5 Å². The molecule has 25 heavy (non-hydrogen) atoms. The molecule has 7 heteroatoms. The van der Waals surface area contributed by atoms with Gasteiger partial charge in [-0.05, 0) is 19.8 Å². The Kier molecular flexibility index (Phi) is 6.81. The number of nitrogens with zero attached hydrogens (tertiary/aromatic N) is 5. The Bertz CT molecular complexity index is 568. The van der Waals surface area contributed by atoms with E-state index in [4.69, 9.17) is 4.74 Å². The molecule has 142 valence electrons. The second-order valence-corrected chi connectivity index (χ2v) is 7.42. The summed E-state index contributed by atoms with van der Waals surface area (Å²) in [6.45, 7) is 11.1. The lowest BCUT2D eigenvalue weighted by molar-refractivity contribution is -0.114. The Morgan fingerprint density at radius 2 is 2.24 bits per heavy atom. The molecule has 7 nitrogen and oxygen atoms in total. The molecule has 0 radical (unpaired) electrons. The van der Waals surface area contributed by atoms with E-state index in [9.17, 15) is 0 Å². The topological polar surface area (TPSA) is 67.6 Å². The fourth-order valence-electron chi connectivity index (χ4n) is 3.12. The molecular formula is C18H34N6O. The van der Waals surface area contributed by atoms with E-state index in [-0.39, 0.29) is 5.41 Å². The molecule has 1 aliphatic rings. The van der Waals surface area contributed by atoms with Gasteiger partial charge in [-0.3, -0.25) is 9.67 Å². The first-order chi connectivity index (χ1) is 11.9. The monoisotopic (exact) mass is 350 g/mol. The number of unbranched alkanes of at least 4 members (excludes halogenated alkanes) is 1. The first kappa shape index (κ1) is 19.7. The summed E-state index contributed by atoms with van der Waals surface area (Å²) in [5.41, 5.74) is 0.105. The summed E-state index contributed by atoms with van der Waals surface area (Å²) in [5, 5.41) is 7.77. The van der Waals surface area contributed by atoms with E-state index < -0.39 is 0 Å². The molecule has 0 amide bonds. The highest BCUT2D eigenvalue weighted by molar-refractivity contribution is 5.80. The van der Waals surface area contributed by atoms with E-state index in [2.05, 4.69) is 53.0 Å². The van der Waals surface area contributed by atoms with E-state index in [0.29, 0.717) is 18.7 Å². The Morgan fingerprint density at radius 3 is 2.80 bits per heavy atom. The van der Waals surface area contributed by atoms with Crippen molar-refractivity contribution >= 4 is 5.96 Å². The first-order valence-electron chi connectivity index (χ1n) is 9.36. The molecule has 1 aromatic rings. The number of guanidine groups is 1. The van der Waals surface area contributed by atoms with Gasteiger partial charge in [0.2, 0.25) is 0 Å². The van der Waals surface area contributed by atoms with Crippen LogP contribution >= 0.6 is 0 Å². The van der Waals surface area contributed by atoms with Crippen molar-refractivity contribution in [3.63, 3.8) is 0 Å². The van der Waals surface area contributed by atoms with Gasteiger partial charge < -0.3 is 15.0 Å². The van der Waals surface area contributed by atoms with Crippen molar-refractivity contribution < 1.29 is 4.74 Å². The summed E-state index contributed by atoms with van der Waals surface area (Å²) >= 11 is 0. The van der Waals surface area contributed by atoms with Crippen LogP contribution in [0.2, 0.25) is 0 Å². The van der Waals surface area contributed by atoms with Gasteiger partial charge in [-0.25, -0.2) is 4.98 Å². The van der Waals surface area contributed by atoms with Crippen molar-refractivity contribution in [2.45, 2.75) is 65.6 Å². The highest BCUT2D eigenvalue weighted by atomic mass is 16.5. The Morgan fingerprint density at radius 1 is 1.48 bits per heavy atom. The summed E-state index contributed by atoms with van der Waals surface area (Å²) in [7, 11) is 3.95. The smallest absolute Gasteiger partial charge is 0.194 e. The van der Waals surface area contributed by atoms with Crippen LogP contribution in [0.5, 0.6) is 0 Å². The number of rotatable bonds is 8. The molecule has 1 N–H and O–H groups in total. The zero-order valence-electron chi connectivity index (χ0n) is 16.6. The fourth-order valence-corrected chi connectivity index (χ4v) is 3.12. The predicted octanol–water partition coefficient (Wildman–Crippen LogP) is 2.20. The maximum absolute atomic E-state index is 6.05. The van der Waals surface area contributed by atoms with Gasteiger partial charge in [-0.15, -0.1) is 0 Å². The van der Waals surface area contributed by atoms with Crippen molar-refractivity contribution in [1.29, 1.82) is 0 Å². The molecule has 1 aliphatic carbocycles. The number of ether oxygens (including phenoxy) is 1. The number of aromatic nitrogens is 3. The average molecular weight is 351 g/mol. The van der Waals surface area contributed by atoms with Crippen molar-refractivity contribution in [2.75, 3.05) is 20.2 Å². The standard InChI is InChI=1S/C18H34N6O/c1-7-9-10-25-15-11-14(18(15,3)4)22-17(19-8-2)23(5)12-16-20-13-21-24(16)6/h13-15H,7-12H2,1-6H3,(H,19,22). The van der Waals surface area contributed by atoms with Crippen LogP contribution in [0, 0.1) is 5.41 Å². The Balaban J connectivity index is 1.93. The van der Waals surface area contributed by atoms with Gasteiger partial charge in [0.15, 0.2) is 5.96 Å². The largest absolute Gasteiger partial charge is 0.378 e. The van der Waals surface area contributed by atoms with Gasteiger partial charge >= 0.3 is 0 Å². The van der Waals surface area contributed by atoms with Gasteiger partial charge in [0.1, 0.15) is 12.2 Å². The van der Waals surface area contributed by atoms with Crippen LogP contribution in [0.4, 0.5) is 0 Å². The van der Waals surface area contributed by atoms with Crippen LogP contribution in [0.25, 0.3) is 0 Å². The number of hydrogen-bond donors (Lipinski definition) is 1. The third-order valence-corrected chi connectivity index (χ3v) is 5.15. The van der Waals surface area contributed by atoms with Crippen molar-refractivity contribution in [3.8, 4) is 0 Å². The fraction of sp³-hybridized carbons (Fsp3) is 0.833. The number of nitrogens with one attached hydrogen (secondary N) is 1. The molecule has 2 atom stereocenters. The number of aliphatic imine (C=N–C) groups is 1. The first-order valence-corrected chi connectivity index (χ1v) is 9.36. The van der Waals surface area contributed by atoms with Crippen LogP contribution in [-0.2, 0) is 18.3 Å². The average Bonchev–Trinajstić information content (AvgIpc) is 2.97. The molecule has 0 spiro atoms. The maximum atomic E-state index is 6.05. The van der Waals surface area contributed by atoms with Crippen LogP contribution in [0.1, 0.15) is 52.8 Å². The Labute approximate surface area is 151 Å². The highest BCUT2D eigenvalue weighted by Crippen LogP contribution is 2.42. The third kappa shape index (κ3) is 4.71. The minimum atomic E-state index is 0.105. The quantitative estimate of drug-likeness (QED) is 0.442. The van der Waals surface area contributed by atoms with Gasteiger partial charge in [-0.2, -0.15) is 5.10 Å². The number of hydrogen-bond acceptors (Lipinski definition) is 4. The van der Waals surface area contributed by atoms with Gasteiger partial charge in [0, 0.05) is 38.7 Å². The second kappa shape index (κ2) is 8.65. The summed E-state index contributed by atoms with van der Waals surface area (Å²) in [6, 6.07) is 0.367. The second-order valence-electron chi connectivity index (χ2n) is 7.42. The summed E-state index contributed by atoms with van der Waals surface area (Å²) in [4.78, 5) is 11.1. The van der Waals surface area contributed by atoms with Gasteiger partial charge in [-0.1, -0.05) is 27.2 Å². The zero-order chi connectivity index (χ0) is 18.4. The van der Waals surface area contributed by atoms with E-state index in [1.54, 1.807) is 11.0 Å². The van der Waals surface area contributed by atoms with Crippen LogP contribution in [0.15, 0.2) is 11.3 Å². The van der Waals surface area contributed by atoms with Gasteiger partial charge in [0.05, 0.1) is 12.6 Å². The van der Waals surface area contributed by atoms with Crippen LogP contribution in [-0.4, -0.2) is 58.0 Å². The van der Waals surface area contributed by atoms with E-state index in [1.807, 2.05) is 14.1 Å². The number of aryl methyl sites for hydroxylation is 1. The molecule has 0 saturated heterocycles. The SMILES string of the molecule is CCCCOC1CC(NC(=NCC)N(C)Cc2ncnn2C)C1(C)C. The minimum Gasteiger partial charge on any atom is -0.378 e. The molecule has 0 aromatic carbocycles. The normalized spacial score (nSPS) is 22.6. The molecule has 0 aliphatic heterocycles. The molecule has 1 fully saturated rings. The lowest BCUT2D eigenvalue weighted by Gasteiger charge is -2.52. The highest BCUT2D eigenvalue weighted by Gasteiger charge is 2.49. The zero-order valence-corrected chi connectivity index (χ0v) is 16.6. The molecule has 2 rings (SSSR count). The molecular weight excluding hydrogens is 316 g/mol. The molecule has 1 saturated carbocycles. The van der Waals surface area contributed by atoms with Gasteiger partial charge in [0.25, 0.3) is 0 Å². The molecule has 0 bridgehead atoms. The van der Waals surface area contributed by atoms with Crippen LogP contribution in [0.3, 0.4) is 0 Å². The van der Waals surface area contributed by atoms with E-state index in [1.165, 1.54) is 6.42 Å². The molecule has 1 heterocycles. The van der Waals surface area contributed by atoms with E-state index >= 15 is 0 Å². The lowest BCUT2D eigenvalue weighted by Crippen LogP contribution is -2.63. The van der Waals surface area contributed by atoms with E-state index in [0.717, 1.165) is 37.8 Å². The van der Waals surface area contributed by atoms with Crippen molar-refractivity contribution in [1.82, 2.24) is 25.0 Å². The van der Waals surface area contributed by atoms with Crippen LogP contribution < -0.4 is 5.32 Å². The summed E-state index contributed by atoms with van der Waals surface area (Å²) < 4.78 is 7.85. The molecule has 1 aromatic heterocycles. The maximum Gasteiger partial charge on any atom is 0.194 e. The Hall–Kier alpha value is -1.63. The summed E-state index contributed by atoms with van der Waals surface area (Å²) in [6.07, 6.45) is 5.24. The molecule has 2 unspecified atom stereocenters. The predicted molar refractivity (Wildman–Crippen MR) is 100 cm³/mol. The third-order valence-electron chi connectivity index (χ3n) is 5.15. The minimum absolute atomic E-state index is 0.105. The van der Waals surface area contributed by atoms with Crippen molar-refractivity contribution in [3.05, 3.63) is 12.2 Å². The summed E-state index contributed by atoms with van der Waals surface area (Å²) in [5.74, 6) is 1.83.